The van der Waals surface area contributed by atoms with Crippen molar-refractivity contribution in [2.75, 3.05) is 13.6 Å². The van der Waals surface area contributed by atoms with E-state index in [1.807, 2.05) is 13.0 Å². The number of likely N-dealkylation sites (N-methyl/N-ethyl adjacent to an activating group) is 1. The summed E-state index contributed by atoms with van der Waals surface area (Å²) in [5, 5.41) is 12.3. The van der Waals surface area contributed by atoms with Crippen molar-refractivity contribution in [3.8, 4) is 0 Å². The number of hydrogen-bond donors (Lipinski definition) is 2. The van der Waals surface area contributed by atoms with Crippen molar-refractivity contribution < 1.29 is 9.52 Å². The molecule has 0 saturated heterocycles. The van der Waals surface area contributed by atoms with Crippen LogP contribution in [0.15, 0.2) is 16.7 Å². The van der Waals surface area contributed by atoms with Gasteiger partial charge < -0.3 is 14.8 Å². The third kappa shape index (κ3) is 1.82. The van der Waals surface area contributed by atoms with Crippen molar-refractivity contribution in [2.45, 2.75) is 13.0 Å². The van der Waals surface area contributed by atoms with Crippen molar-refractivity contribution in [1.82, 2.24) is 5.32 Å². The molecule has 62 valence electrons. The standard InChI is InChI=1S/C8H13NO2/c1-6-3-4-11-8(6)7(10)5-9-2/h3-4,7,9-10H,5H2,1-2H3. The SMILES string of the molecule is CNCC(O)c1occc1C. The highest BCUT2D eigenvalue weighted by atomic mass is 16.4. The zero-order valence-electron chi connectivity index (χ0n) is 6.79. The van der Waals surface area contributed by atoms with Crippen LogP contribution in [-0.4, -0.2) is 18.7 Å². The van der Waals surface area contributed by atoms with Crippen LogP contribution in [0.1, 0.15) is 17.4 Å². The van der Waals surface area contributed by atoms with Crippen molar-refractivity contribution in [3.05, 3.63) is 23.7 Å². The lowest BCUT2D eigenvalue weighted by Gasteiger charge is -2.06. The zero-order chi connectivity index (χ0) is 8.27. The van der Waals surface area contributed by atoms with Gasteiger partial charge in [0.25, 0.3) is 0 Å². The lowest BCUT2D eigenvalue weighted by Crippen LogP contribution is -2.16. The number of furan rings is 1. The summed E-state index contributed by atoms with van der Waals surface area (Å²) in [5.74, 6) is 0.652. The molecule has 0 amide bonds. The Bertz CT molecular complexity index is 220. The molecule has 0 aromatic carbocycles. The van der Waals surface area contributed by atoms with Crippen LogP contribution in [0.4, 0.5) is 0 Å². The van der Waals surface area contributed by atoms with Gasteiger partial charge in [0.2, 0.25) is 0 Å². The van der Waals surface area contributed by atoms with Crippen LogP contribution in [0.3, 0.4) is 0 Å². The highest BCUT2D eigenvalue weighted by Crippen LogP contribution is 2.17. The summed E-state index contributed by atoms with van der Waals surface area (Å²) in [7, 11) is 1.79. The average Bonchev–Trinajstić information content (AvgIpc) is 2.36. The fourth-order valence-electron chi connectivity index (χ4n) is 1.01. The Morgan fingerprint density at radius 3 is 2.91 bits per heavy atom. The molecule has 3 heteroatoms. The number of aliphatic hydroxyl groups is 1. The van der Waals surface area contributed by atoms with E-state index < -0.39 is 6.10 Å². The van der Waals surface area contributed by atoms with Gasteiger partial charge in [-0.1, -0.05) is 0 Å². The third-order valence-electron chi connectivity index (χ3n) is 1.60. The van der Waals surface area contributed by atoms with Gasteiger partial charge in [-0.25, -0.2) is 0 Å². The summed E-state index contributed by atoms with van der Waals surface area (Å²) in [5.41, 5.74) is 0.993. The van der Waals surface area contributed by atoms with E-state index in [0.717, 1.165) is 5.56 Å². The van der Waals surface area contributed by atoms with E-state index in [9.17, 15) is 5.11 Å². The highest BCUT2D eigenvalue weighted by Gasteiger charge is 2.11. The van der Waals surface area contributed by atoms with Gasteiger partial charge in [0.05, 0.1) is 6.26 Å². The fourth-order valence-corrected chi connectivity index (χ4v) is 1.01. The Kier molecular flexibility index (Phi) is 2.68. The Morgan fingerprint density at radius 2 is 2.45 bits per heavy atom. The lowest BCUT2D eigenvalue weighted by molar-refractivity contribution is 0.149. The van der Waals surface area contributed by atoms with Gasteiger partial charge in [-0.2, -0.15) is 0 Å². The maximum Gasteiger partial charge on any atom is 0.136 e. The Labute approximate surface area is 66.0 Å². The molecule has 1 rings (SSSR count). The molecule has 0 aliphatic rings. The first-order valence-electron chi connectivity index (χ1n) is 3.62. The number of nitrogens with one attached hydrogen (secondary N) is 1. The molecular formula is C8H13NO2. The molecule has 1 heterocycles. The minimum atomic E-state index is -0.532. The van der Waals surface area contributed by atoms with Crippen LogP contribution in [-0.2, 0) is 0 Å². The van der Waals surface area contributed by atoms with E-state index in [4.69, 9.17) is 4.42 Å². The molecule has 1 unspecified atom stereocenters. The molecule has 0 bridgehead atoms. The van der Waals surface area contributed by atoms with Crippen LogP contribution in [0, 0.1) is 6.92 Å². The Morgan fingerprint density at radius 1 is 1.73 bits per heavy atom. The van der Waals surface area contributed by atoms with E-state index in [1.165, 1.54) is 0 Å². The summed E-state index contributed by atoms with van der Waals surface area (Å²) in [6.07, 6.45) is 1.05. The van der Waals surface area contributed by atoms with Crippen molar-refractivity contribution >= 4 is 0 Å². The van der Waals surface area contributed by atoms with Gasteiger partial charge >= 0.3 is 0 Å². The molecule has 0 aliphatic carbocycles. The van der Waals surface area contributed by atoms with Crippen molar-refractivity contribution in [3.63, 3.8) is 0 Å². The topological polar surface area (TPSA) is 45.4 Å². The molecule has 0 aliphatic heterocycles. The lowest BCUT2D eigenvalue weighted by atomic mass is 10.2. The van der Waals surface area contributed by atoms with Crippen LogP contribution < -0.4 is 5.32 Å². The Hall–Kier alpha value is -0.800. The molecule has 0 spiro atoms. The summed E-state index contributed by atoms with van der Waals surface area (Å²) in [4.78, 5) is 0. The summed E-state index contributed by atoms with van der Waals surface area (Å²) < 4.78 is 5.09. The largest absolute Gasteiger partial charge is 0.466 e. The van der Waals surface area contributed by atoms with E-state index in [-0.39, 0.29) is 0 Å². The second-order valence-electron chi connectivity index (χ2n) is 2.54. The van der Waals surface area contributed by atoms with E-state index in [1.54, 1.807) is 13.3 Å². The Balaban J connectivity index is 2.67. The first kappa shape index (κ1) is 8.30. The minimum Gasteiger partial charge on any atom is -0.466 e. The molecule has 0 fully saturated rings. The molecule has 1 aromatic rings. The monoisotopic (exact) mass is 155 g/mol. The second-order valence-corrected chi connectivity index (χ2v) is 2.54. The maximum atomic E-state index is 9.43. The highest BCUT2D eigenvalue weighted by molar-refractivity contribution is 5.16. The van der Waals surface area contributed by atoms with E-state index >= 15 is 0 Å². The van der Waals surface area contributed by atoms with E-state index in [2.05, 4.69) is 5.32 Å². The normalized spacial score (nSPS) is 13.4. The van der Waals surface area contributed by atoms with E-state index in [0.29, 0.717) is 12.3 Å². The van der Waals surface area contributed by atoms with Gasteiger partial charge in [-0.15, -0.1) is 0 Å². The second kappa shape index (κ2) is 3.55. The molecule has 0 saturated carbocycles. The zero-order valence-corrected chi connectivity index (χ0v) is 6.79. The predicted molar refractivity (Wildman–Crippen MR) is 42.3 cm³/mol. The molecular weight excluding hydrogens is 142 g/mol. The predicted octanol–water partition coefficient (Wildman–Crippen LogP) is 0.841. The first-order valence-corrected chi connectivity index (χ1v) is 3.62. The molecule has 3 nitrogen and oxygen atoms in total. The number of aryl methyl sites for hydroxylation is 1. The summed E-state index contributed by atoms with van der Waals surface area (Å²) in [6, 6.07) is 1.84. The minimum absolute atomic E-state index is 0.522. The third-order valence-corrected chi connectivity index (χ3v) is 1.60. The maximum absolute atomic E-state index is 9.43. The van der Waals surface area contributed by atoms with Crippen LogP contribution in [0.25, 0.3) is 0 Å². The summed E-state index contributed by atoms with van der Waals surface area (Å²) >= 11 is 0. The van der Waals surface area contributed by atoms with Gasteiger partial charge in [-0.3, -0.25) is 0 Å². The first-order chi connectivity index (χ1) is 5.25. The molecule has 1 atom stereocenters. The van der Waals surface area contributed by atoms with Gasteiger partial charge in [0.15, 0.2) is 0 Å². The average molecular weight is 155 g/mol. The van der Waals surface area contributed by atoms with Crippen LogP contribution in [0.5, 0.6) is 0 Å². The number of aliphatic hydroxyl groups excluding tert-OH is 1. The number of hydrogen-bond acceptors (Lipinski definition) is 3. The fraction of sp³-hybridized carbons (Fsp3) is 0.500. The van der Waals surface area contributed by atoms with Gasteiger partial charge in [0, 0.05) is 6.54 Å². The van der Waals surface area contributed by atoms with Crippen LogP contribution in [0.2, 0.25) is 0 Å². The van der Waals surface area contributed by atoms with Gasteiger partial charge in [0.1, 0.15) is 11.9 Å². The number of rotatable bonds is 3. The summed E-state index contributed by atoms with van der Waals surface area (Å²) in [6.45, 7) is 2.44. The van der Waals surface area contributed by atoms with Crippen molar-refractivity contribution in [1.29, 1.82) is 0 Å². The van der Waals surface area contributed by atoms with Crippen LogP contribution >= 0.6 is 0 Å². The molecule has 1 aromatic heterocycles. The molecule has 11 heavy (non-hydrogen) atoms. The smallest absolute Gasteiger partial charge is 0.136 e. The van der Waals surface area contributed by atoms with Gasteiger partial charge in [-0.05, 0) is 25.6 Å². The molecule has 2 N–H and O–H groups in total. The quantitative estimate of drug-likeness (QED) is 0.680. The molecule has 0 radical (unpaired) electrons. The van der Waals surface area contributed by atoms with Crippen molar-refractivity contribution in [2.24, 2.45) is 0 Å².